The summed E-state index contributed by atoms with van der Waals surface area (Å²) in [6, 6.07) is 9.61. The second-order valence-electron chi connectivity index (χ2n) is 4.86. The van der Waals surface area contributed by atoms with E-state index in [9.17, 15) is 9.59 Å². The smallest absolute Gasteiger partial charge is 0.324 e. The van der Waals surface area contributed by atoms with Gasteiger partial charge < -0.3 is 9.47 Å². The van der Waals surface area contributed by atoms with Crippen molar-refractivity contribution in [3.05, 3.63) is 30.3 Å². The van der Waals surface area contributed by atoms with Crippen LogP contribution in [0.3, 0.4) is 0 Å². The van der Waals surface area contributed by atoms with Gasteiger partial charge in [-0.1, -0.05) is 25.1 Å². The molecule has 1 saturated heterocycles. The first-order valence-electron chi connectivity index (χ1n) is 6.06. The molecule has 102 valence electrons. The van der Waals surface area contributed by atoms with Gasteiger partial charge in [0.25, 0.3) is 5.79 Å². The SMILES string of the molecule is CC(Sc1ccccc1)C1C(=O)OC(C)(C)OC1=O. The average Bonchev–Trinajstić information content (AvgIpc) is 2.27. The van der Waals surface area contributed by atoms with E-state index < -0.39 is 23.6 Å². The lowest BCUT2D eigenvalue weighted by molar-refractivity contribution is -0.239. The van der Waals surface area contributed by atoms with E-state index >= 15 is 0 Å². The first-order chi connectivity index (χ1) is 8.89. The molecule has 0 bridgehead atoms. The maximum absolute atomic E-state index is 11.9. The Labute approximate surface area is 116 Å². The van der Waals surface area contributed by atoms with E-state index in [4.69, 9.17) is 9.47 Å². The molecule has 1 heterocycles. The molecule has 0 saturated carbocycles. The largest absolute Gasteiger partial charge is 0.422 e. The fourth-order valence-corrected chi connectivity index (χ4v) is 3.00. The van der Waals surface area contributed by atoms with E-state index in [-0.39, 0.29) is 5.25 Å². The lowest BCUT2D eigenvalue weighted by Gasteiger charge is -2.34. The minimum Gasteiger partial charge on any atom is -0.422 e. The van der Waals surface area contributed by atoms with Crippen molar-refractivity contribution >= 4 is 23.7 Å². The van der Waals surface area contributed by atoms with Gasteiger partial charge in [-0.05, 0) is 12.1 Å². The molecule has 0 amide bonds. The summed E-state index contributed by atoms with van der Waals surface area (Å²) in [6.45, 7) is 4.92. The van der Waals surface area contributed by atoms with Gasteiger partial charge in [0, 0.05) is 24.0 Å². The molecule has 2 rings (SSSR count). The van der Waals surface area contributed by atoms with Gasteiger partial charge in [-0.3, -0.25) is 9.59 Å². The fraction of sp³-hybridized carbons (Fsp3) is 0.429. The molecule has 19 heavy (non-hydrogen) atoms. The van der Waals surface area contributed by atoms with E-state index in [2.05, 4.69) is 0 Å². The van der Waals surface area contributed by atoms with Crippen molar-refractivity contribution in [2.45, 2.75) is 36.7 Å². The number of benzene rings is 1. The maximum atomic E-state index is 11.9. The van der Waals surface area contributed by atoms with Crippen LogP contribution in [0, 0.1) is 5.92 Å². The zero-order valence-electron chi connectivity index (χ0n) is 11.1. The Kier molecular flexibility index (Phi) is 3.85. The van der Waals surface area contributed by atoms with Gasteiger partial charge in [0.15, 0.2) is 5.92 Å². The fourth-order valence-electron chi connectivity index (χ4n) is 1.89. The van der Waals surface area contributed by atoms with Crippen molar-refractivity contribution in [2.75, 3.05) is 0 Å². The zero-order valence-corrected chi connectivity index (χ0v) is 11.9. The van der Waals surface area contributed by atoms with Crippen LogP contribution in [0.15, 0.2) is 35.2 Å². The van der Waals surface area contributed by atoms with Crippen molar-refractivity contribution in [1.82, 2.24) is 0 Å². The van der Waals surface area contributed by atoms with Crippen molar-refractivity contribution in [2.24, 2.45) is 5.92 Å². The highest BCUT2D eigenvalue weighted by Crippen LogP contribution is 2.33. The number of esters is 2. The summed E-state index contributed by atoms with van der Waals surface area (Å²) >= 11 is 1.46. The highest BCUT2D eigenvalue weighted by Gasteiger charge is 2.46. The van der Waals surface area contributed by atoms with Gasteiger partial charge in [-0.2, -0.15) is 0 Å². The number of thioether (sulfide) groups is 1. The van der Waals surface area contributed by atoms with Crippen LogP contribution in [0.25, 0.3) is 0 Å². The van der Waals surface area contributed by atoms with Gasteiger partial charge in [-0.25, -0.2) is 0 Å². The molecule has 4 nitrogen and oxygen atoms in total. The Morgan fingerprint density at radius 3 is 2.16 bits per heavy atom. The molecule has 1 atom stereocenters. The van der Waals surface area contributed by atoms with E-state index in [0.29, 0.717) is 0 Å². The molecule has 5 heteroatoms. The number of rotatable bonds is 3. The highest BCUT2D eigenvalue weighted by atomic mass is 32.2. The van der Waals surface area contributed by atoms with E-state index in [0.717, 1.165) is 4.90 Å². The summed E-state index contributed by atoms with van der Waals surface area (Å²) in [4.78, 5) is 24.8. The Morgan fingerprint density at radius 2 is 1.63 bits per heavy atom. The lowest BCUT2D eigenvalue weighted by Crippen LogP contribution is -2.49. The predicted molar refractivity (Wildman–Crippen MR) is 71.5 cm³/mol. The Bertz CT molecular complexity index is 463. The number of ether oxygens (including phenoxy) is 2. The number of carbonyl (C=O) groups is 2. The standard InChI is InChI=1S/C14H16O4S/c1-9(19-10-7-5-4-6-8-10)11-12(15)17-14(2,3)18-13(11)16/h4-9,11H,1-3H3. The van der Waals surface area contributed by atoms with Crippen LogP contribution in [0.5, 0.6) is 0 Å². The van der Waals surface area contributed by atoms with Crippen LogP contribution in [-0.2, 0) is 19.1 Å². The van der Waals surface area contributed by atoms with Crippen LogP contribution in [0.1, 0.15) is 20.8 Å². The van der Waals surface area contributed by atoms with Gasteiger partial charge >= 0.3 is 11.9 Å². The quantitative estimate of drug-likeness (QED) is 0.484. The molecule has 1 aromatic carbocycles. The van der Waals surface area contributed by atoms with Crippen LogP contribution < -0.4 is 0 Å². The summed E-state index contributed by atoms with van der Waals surface area (Å²) < 4.78 is 10.2. The summed E-state index contributed by atoms with van der Waals surface area (Å²) in [6.07, 6.45) is 0. The second kappa shape index (κ2) is 5.25. The minimum atomic E-state index is -1.16. The summed E-state index contributed by atoms with van der Waals surface area (Å²) in [5.41, 5.74) is 0. The summed E-state index contributed by atoms with van der Waals surface area (Å²) in [5.74, 6) is -3.07. The molecule has 1 unspecified atom stereocenters. The van der Waals surface area contributed by atoms with Crippen molar-refractivity contribution in [3.8, 4) is 0 Å². The zero-order chi connectivity index (χ0) is 14.0. The molecule has 0 radical (unpaired) electrons. The van der Waals surface area contributed by atoms with Gasteiger partial charge in [0.05, 0.1) is 0 Å². The molecule has 0 spiro atoms. The van der Waals surface area contributed by atoms with Gasteiger partial charge in [0.1, 0.15) is 0 Å². The third-order valence-electron chi connectivity index (χ3n) is 2.74. The molecule has 0 aromatic heterocycles. The third-order valence-corrected chi connectivity index (χ3v) is 3.92. The first-order valence-corrected chi connectivity index (χ1v) is 6.94. The monoisotopic (exact) mass is 280 g/mol. The molecule has 1 fully saturated rings. The van der Waals surface area contributed by atoms with E-state index in [1.807, 2.05) is 37.3 Å². The number of hydrogen-bond donors (Lipinski definition) is 0. The molecular weight excluding hydrogens is 264 g/mol. The summed E-state index contributed by atoms with van der Waals surface area (Å²) in [5, 5.41) is -0.238. The van der Waals surface area contributed by atoms with Crippen LogP contribution >= 0.6 is 11.8 Å². The molecule has 0 aliphatic carbocycles. The third kappa shape index (κ3) is 3.29. The van der Waals surface area contributed by atoms with Crippen molar-refractivity contribution in [1.29, 1.82) is 0 Å². The lowest BCUT2D eigenvalue weighted by atomic mass is 10.1. The normalized spacial score (nSPS) is 20.6. The van der Waals surface area contributed by atoms with Crippen molar-refractivity contribution in [3.63, 3.8) is 0 Å². The highest BCUT2D eigenvalue weighted by molar-refractivity contribution is 8.00. The summed E-state index contributed by atoms with van der Waals surface area (Å²) in [7, 11) is 0. The number of hydrogen-bond acceptors (Lipinski definition) is 5. The van der Waals surface area contributed by atoms with Gasteiger partial charge in [-0.15, -0.1) is 11.8 Å². The average molecular weight is 280 g/mol. The maximum Gasteiger partial charge on any atom is 0.324 e. The Morgan fingerprint density at radius 1 is 1.11 bits per heavy atom. The van der Waals surface area contributed by atoms with Gasteiger partial charge in [0.2, 0.25) is 0 Å². The first kappa shape index (κ1) is 13.9. The predicted octanol–water partition coefficient (Wildman–Crippen LogP) is 2.62. The number of carbonyl (C=O) groups excluding carboxylic acids is 2. The van der Waals surface area contributed by atoms with Crippen LogP contribution in [0.2, 0.25) is 0 Å². The van der Waals surface area contributed by atoms with Crippen LogP contribution in [-0.4, -0.2) is 23.0 Å². The Hall–Kier alpha value is -1.49. The molecular formula is C14H16O4S. The minimum absolute atomic E-state index is 0.238. The van der Waals surface area contributed by atoms with Crippen LogP contribution in [0.4, 0.5) is 0 Å². The number of cyclic esters (lactones) is 2. The van der Waals surface area contributed by atoms with E-state index in [1.165, 1.54) is 11.8 Å². The molecule has 0 N–H and O–H groups in total. The Balaban J connectivity index is 2.09. The van der Waals surface area contributed by atoms with Crippen molar-refractivity contribution < 1.29 is 19.1 Å². The topological polar surface area (TPSA) is 52.6 Å². The second-order valence-corrected chi connectivity index (χ2v) is 6.31. The molecule has 1 aliphatic rings. The van der Waals surface area contributed by atoms with E-state index in [1.54, 1.807) is 13.8 Å². The molecule has 1 aromatic rings. The molecule has 1 aliphatic heterocycles.